The number of amidine groups is 1. The minimum absolute atomic E-state index is 0.239. The van der Waals surface area contributed by atoms with Gasteiger partial charge in [-0.05, 0) is 24.0 Å². The lowest BCUT2D eigenvalue weighted by molar-refractivity contribution is 0.170. The molecule has 0 fully saturated rings. The summed E-state index contributed by atoms with van der Waals surface area (Å²) in [6, 6.07) is 8.09. The van der Waals surface area contributed by atoms with Crippen molar-refractivity contribution >= 4 is 11.9 Å². The topological polar surface area (TPSA) is 58.7 Å². The molecule has 4 nitrogen and oxygen atoms in total. The Balaban J connectivity index is 2.02. The summed E-state index contributed by atoms with van der Waals surface area (Å²) in [7, 11) is 0. The van der Waals surface area contributed by atoms with Crippen LogP contribution >= 0.6 is 0 Å². The highest BCUT2D eigenvalue weighted by Crippen LogP contribution is 2.36. The van der Waals surface area contributed by atoms with Gasteiger partial charge in [-0.25, -0.2) is 4.79 Å². The van der Waals surface area contributed by atoms with E-state index in [2.05, 4.69) is 29.8 Å². The largest absolute Gasteiger partial charge is 0.385 e. The summed E-state index contributed by atoms with van der Waals surface area (Å²) in [4.78, 5) is 17.7. The van der Waals surface area contributed by atoms with Crippen LogP contribution in [0.25, 0.3) is 0 Å². The first kappa shape index (κ1) is 12.0. The van der Waals surface area contributed by atoms with Crippen molar-refractivity contribution in [1.29, 1.82) is 0 Å². The lowest BCUT2D eigenvalue weighted by Crippen LogP contribution is -2.57. The van der Waals surface area contributed by atoms with Gasteiger partial charge in [0.15, 0.2) is 0 Å². The number of aryl methyl sites for hydroxylation is 1. The van der Waals surface area contributed by atoms with Gasteiger partial charge in [0.1, 0.15) is 11.4 Å². The lowest BCUT2D eigenvalue weighted by Gasteiger charge is -2.41. The summed E-state index contributed by atoms with van der Waals surface area (Å²) in [5.74, 6) is 0.453. The Morgan fingerprint density at radius 3 is 2.89 bits per heavy atom. The Kier molecular flexibility index (Phi) is 2.66. The summed E-state index contributed by atoms with van der Waals surface area (Å²) in [5.41, 5.74) is 8.23. The normalized spacial score (nSPS) is 25.4. The highest BCUT2D eigenvalue weighted by atomic mass is 16.2. The molecule has 0 saturated heterocycles. The third kappa shape index (κ3) is 1.67. The summed E-state index contributed by atoms with van der Waals surface area (Å²) in [6.45, 7) is 4.21. The molecule has 1 spiro atoms. The number of nitrogens with zero attached hydrogens (tertiary/aromatic N) is 2. The van der Waals surface area contributed by atoms with Crippen molar-refractivity contribution in [3.63, 3.8) is 0 Å². The van der Waals surface area contributed by atoms with E-state index in [1.54, 1.807) is 11.0 Å². The summed E-state index contributed by atoms with van der Waals surface area (Å²) in [5, 5.41) is 0. The van der Waals surface area contributed by atoms with Crippen molar-refractivity contribution in [2.24, 2.45) is 10.7 Å². The summed E-state index contributed by atoms with van der Waals surface area (Å²) < 4.78 is 0. The maximum absolute atomic E-state index is 12.0. The molecule has 1 aliphatic heterocycles. The molecule has 0 bridgehead atoms. The van der Waals surface area contributed by atoms with Gasteiger partial charge in [-0.2, -0.15) is 4.99 Å². The second-order valence-electron chi connectivity index (χ2n) is 5.16. The molecule has 2 aliphatic rings. The first-order chi connectivity index (χ1) is 9.17. The van der Waals surface area contributed by atoms with Gasteiger partial charge in [-0.3, -0.25) is 0 Å². The van der Waals surface area contributed by atoms with Gasteiger partial charge in [0.05, 0.1) is 0 Å². The lowest BCUT2D eigenvalue weighted by atomic mass is 9.76. The van der Waals surface area contributed by atoms with Crippen molar-refractivity contribution in [2.45, 2.75) is 24.8 Å². The van der Waals surface area contributed by atoms with Gasteiger partial charge in [-0.1, -0.05) is 30.3 Å². The fraction of sp³-hybridized carbons (Fsp3) is 0.333. The van der Waals surface area contributed by atoms with Crippen molar-refractivity contribution < 1.29 is 4.79 Å². The molecule has 4 heteroatoms. The van der Waals surface area contributed by atoms with Crippen molar-refractivity contribution in [2.75, 3.05) is 6.54 Å². The number of carbonyl (C=O) groups is 1. The molecule has 0 aromatic heterocycles. The molecule has 1 atom stereocenters. The van der Waals surface area contributed by atoms with E-state index in [-0.39, 0.29) is 6.03 Å². The van der Waals surface area contributed by atoms with Gasteiger partial charge in [-0.15, -0.1) is 6.58 Å². The predicted octanol–water partition coefficient (Wildman–Crippen LogP) is 1.89. The Labute approximate surface area is 112 Å². The first-order valence-electron chi connectivity index (χ1n) is 6.51. The van der Waals surface area contributed by atoms with E-state index < -0.39 is 5.54 Å². The minimum atomic E-state index is -0.445. The van der Waals surface area contributed by atoms with E-state index >= 15 is 0 Å². The van der Waals surface area contributed by atoms with Gasteiger partial charge in [0.2, 0.25) is 0 Å². The predicted molar refractivity (Wildman–Crippen MR) is 75.1 cm³/mol. The van der Waals surface area contributed by atoms with Gasteiger partial charge < -0.3 is 10.6 Å². The quantitative estimate of drug-likeness (QED) is 0.820. The zero-order valence-corrected chi connectivity index (χ0v) is 10.8. The molecule has 0 saturated carbocycles. The number of urea groups is 1. The first-order valence-corrected chi connectivity index (χ1v) is 6.51. The molecule has 3 rings (SSSR count). The Morgan fingerprint density at radius 2 is 2.16 bits per heavy atom. The standard InChI is InChI=1S/C15H17N3O/c1-2-9-18-14(19)17-13(16)15(18)8-7-11-5-3-4-6-12(11)10-15/h2-6H,1,7-10H2,(H2,16,17,19). The number of hydrogen-bond donors (Lipinski definition) is 1. The maximum atomic E-state index is 12.0. The highest BCUT2D eigenvalue weighted by Gasteiger charge is 2.49. The average molecular weight is 255 g/mol. The maximum Gasteiger partial charge on any atom is 0.346 e. The van der Waals surface area contributed by atoms with Crippen LogP contribution in [0, 0.1) is 0 Å². The van der Waals surface area contributed by atoms with E-state index in [1.807, 2.05) is 6.07 Å². The molecule has 0 radical (unpaired) electrons. The molecule has 2 N–H and O–H groups in total. The molecule has 19 heavy (non-hydrogen) atoms. The van der Waals surface area contributed by atoms with Crippen LogP contribution in [0.2, 0.25) is 0 Å². The SMILES string of the molecule is C=CCN1C(=O)N=C(N)C12CCc1ccccc1C2. The Morgan fingerprint density at radius 1 is 1.42 bits per heavy atom. The fourth-order valence-corrected chi connectivity index (χ4v) is 3.14. The van der Waals surface area contributed by atoms with E-state index in [1.165, 1.54) is 11.1 Å². The zero-order chi connectivity index (χ0) is 13.5. The van der Waals surface area contributed by atoms with Gasteiger partial charge in [0.25, 0.3) is 0 Å². The van der Waals surface area contributed by atoms with Crippen LogP contribution in [0.15, 0.2) is 41.9 Å². The minimum Gasteiger partial charge on any atom is -0.385 e. The fourth-order valence-electron chi connectivity index (χ4n) is 3.14. The van der Waals surface area contributed by atoms with Gasteiger partial charge >= 0.3 is 6.03 Å². The summed E-state index contributed by atoms with van der Waals surface area (Å²) in [6.07, 6.45) is 4.23. The monoisotopic (exact) mass is 255 g/mol. The molecule has 1 aromatic rings. The third-order valence-corrected chi connectivity index (χ3v) is 4.16. The average Bonchev–Trinajstić information content (AvgIpc) is 2.64. The van der Waals surface area contributed by atoms with Gasteiger partial charge in [0, 0.05) is 13.0 Å². The van der Waals surface area contributed by atoms with Crippen LogP contribution in [0.3, 0.4) is 0 Å². The third-order valence-electron chi connectivity index (χ3n) is 4.16. The Bertz CT molecular complexity index is 579. The van der Waals surface area contributed by atoms with Crippen LogP contribution in [-0.2, 0) is 12.8 Å². The number of hydrogen-bond acceptors (Lipinski definition) is 2. The zero-order valence-electron chi connectivity index (χ0n) is 10.8. The number of amides is 2. The highest BCUT2D eigenvalue weighted by molar-refractivity contribution is 6.06. The molecular weight excluding hydrogens is 238 g/mol. The Hall–Kier alpha value is -2.10. The molecule has 1 heterocycles. The van der Waals surface area contributed by atoms with Crippen LogP contribution in [0.1, 0.15) is 17.5 Å². The van der Waals surface area contributed by atoms with E-state index in [4.69, 9.17) is 5.73 Å². The molecule has 98 valence electrons. The molecular formula is C15H17N3O. The number of aliphatic imine (C=N–C) groups is 1. The molecule has 1 aromatic carbocycles. The molecule has 1 unspecified atom stereocenters. The van der Waals surface area contributed by atoms with E-state index in [9.17, 15) is 4.79 Å². The van der Waals surface area contributed by atoms with Crippen LogP contribution in [0.5, 0.6) is 0 Å². The van der Waals surface area contributed by atoms with E-state index in [0.29, 0.717) is 12.4 Å². The second-order valence-corrected chi connectivity index (χ2v) is 5.16. The summed E-state index contributed by atoms with van der Waals surface area (Å²) >= 11 is 0. The number of rotatable bonds is 2. The molecule has 2 amide bonds. The van der Waals surface area contributed by atoms with Crippen molar-refractivity contribution in [1.82, 2.24) is 4.90 Å². The van der Waals surface area contributed by atoms with Crippen molar-refractivity contribution in [3.8, 4) is 0 Å². The van der Waals surface area contributed by atoms with E-state index in [0.717, 1.165) is 19.3 Å². The van der Waals surface area contributed by atoms with Crippen LogP contribution < -0.4 is 5.73 Å². The number of benzene rings is 1. The van der Waals surface area contributed by atoms with Crippen LogP contribution in [-0.4, -0.2) is 28.9 Å². The van der Waals surface area contributed by atoms with Crippen molar-refractivity contribution in [3.05, 3.63) is 48.0 Å². The van der Waals surface area contributed by atoms with Crippen LogP contribution in [0.4, 0.5) is 4.79 Å². The second kappa shape index (κ2) is 4.23. The molecule has 1 aliphatic carbocycles. The number of nitrogens with two attached hydrogens (primary N) is 1. The number of fused-ring (bicyclic) bond motifs is 1. The number of carbonyl (C=O) groups excluding carboxylic acids is 1. The smallest absolute Gasteiger partial charge is 0.346 e.